The van der Waals surface area contributed by atoms with Crippen LogP contribution in [-0.4, -0.2) is 20.9 Å². The third-order valence-corrected chi connectivity index (χ3v) is 3.09. The van der Waals surface area contributed by atoms with Gasteiger partial charge in [0.2, 0.25) is 0 Å². The first kappa shape index (κ1) is 12.9. The molecule has 0 aliphatic carbocycles. The number of halogens is 2. The predicted octanol–water partition coefficient (Wildman–Crippen LogP) is 3.39. The lowest BCUT2D eigenvalue weighted by molar-refractivity contribution is -0.131. The summed E-state index contributed by atoms with van der Waals surface area (Å²) in [6.45, 7) is 0. The SMILES string of the molecule is O=C(O)/C=C/c1ccc(-n2cc(Cl)cn2)cc1Br. The summed E-state index contributed by atoms with van der Waals surface area (Å²) in [6, 6.07) is 5.47. The van der Waals surface area contributed by atoms with Crippen molar-refractivity contribution in [3.05, 3.63) is 51.7 Å². The molecule has 0 aliphatic heterocycles. The third-order valence-electron chi connectivity index (χ3n) is 2.21. The molecule has 2 aromatic rings. The molecule has 0 spiro atoms. The van der Waals surface area contributed by atoms with Gasteiger partial charge in [-0.15, -0.1) is 0 Å². The average molecular weight is 328 g/mol. The highest BCUT2D eigenvalue weighted by molar-refractivity contribution is 9.10. The lowest BCUT2D eigenvalue weighted by Gasteiger charge is -2.04. The molecule has 92 valence electrons. The molecule has 4 nitrogen and oxygen atoms in total. The number of hydrogen-bond acceptors (Lipinski definition) is 2. The van der Waals surface area contributed by atoms with Gasteiger partial charge in [-0.3, -0.25) is 0 Å². The van der Waals surface area contributed by atoms with Crippen LogP contribution in [0.15, 0.2) is 41.1 Å². The Kier molecular flexibility index (Phi) is 3.84. The summed E-state index contributed by atoms with van der Waals surface area (Å²) in [5.74, 6) is -0.982. The molecular formula is C12H8BrClN2O2. The van der Waals surface area contributed by atoms with Crippen molar-refractivity contribution in [2.45, 2.75) is 0 Å². The number of rotatable bonds is 3. The van der Waals surface area contributed by atoms with Gasteiger partial charge in [-0.25, -0.2) is 9.48 Å². The summed E-state index contributed by atoms with van der Waals surface area (Å²) in [4.78, 5) is 10.4. The van der Waals surface area contributed by atoms with Gasteiger partial charge in [-0.1, -0.05) is 33.6 Å². The largest absolute Gasteiger partial charge is 0.478 e. The first-order chi connectivity index (χ1) is 8.56. The van der Waals surface area contributed by atoms with Crippen LogP contribution in [0.1, 0.15) is 5.56 Å². The van der Waals surface area contributed by atoms with E-state index in [1.165, 1.54) is 6.08 Å². The first-order valence-electron chi connectivity index (χ1n) is 4.97. The molecule has 0 saturated carbocycles. The molecule has 0 atom stereocenters. The maximum absolute atomic E-state index is 10.4. The second-order valence-electron chi connectivity index (χ2n) is 3.48. The number of benzene rings is 1. The fraction of sp³-hybridized carbons (Fsp3) is 0. The monoisotopic (exact) mass is 326 g/mol. The van der Waals surface area contributed by atoms with Gasteiger partial charge in [0, 0.05) is 16.7 Å². The van der Waals surface area contributed by atoms with Crippen LogP contribution in [0.2, 0.25) is 5.02 Å². The van der Waals surface area contributed by atoms with Gasteiger partial charge < -0.3 is 5.11 Å². The topological polar surface area (TPSA) is 55.1 Å². The van der Waals surface area contributed by atoms with Crippen molar-refractivity contribution in [3.8, 4) is 5.69 Å². The molecule has 2 rings (SSSR count). The highest BCUT2D eigenvalue weighted by atomic mass is 79.9. The Balaban J connectivity index is 2.33. The fourth-order valence-electron chi connectivity index (χ4n) is 1.40. The van der Waals surface area contributed by atoms with E-state index in [0.717, 1.165) is 21.8 Å². The van der Waals surface area contributed by atoms with E-state index in [2.05, 4.69) is 21.0 Å². The van der Waals surface area contributed by atoms with Gasteiger partial charge in [0.15, 0.2) is 0 Å². The summed E-state index contributed by atoms with van der Waals surface area (Å²) in [7, 11) is 0. The van der Waals surface area contributed by atoms with Crippen molar-refractivity contribution >= 4 is 39.6 Å². The molecule has 0 amide bonds. The van der Waals surface area contributed by atoms with Crippen molar-refractivity contribution in [3.63, 3.8) is 0 Å². The van der Waals surface area contributed by atoms with E-state index < -0.39 is 5.97 Å². The summed E-state index contributed by atoms with van der Waals surface area (Å²) < 4.78 is 2.42. The molecule has 1 aromatic heterocycles. The number of carbonyl (C=O) groups is 1. The highest BCUT2D eigenvalue weighted by Gasteiger charge is 2.03. The predicted molar refractivity (Wildman–Crippen MR) is 72.9 cm³/mol. The van der Waals surface area contributed by atoms with E-state index in [0.29, 0.717) is 5.02 Å². The number of hydrogen-bond donors (Lipinski definition) is 1. The first-order valence-corrected chi connectivity index (χ1v) is 6.14. The standard InChI is InChI=1S/C12H8BrClN2O2/c13-11-5-10(16-7-9(14)6-15-16)3-1-8(11)2-4-12(17)18/h1-7H,(H,17,18)/b4-2+. The Hall–Kier alpha value is -1.59. The molecule has 0 radical (unpaired) electrons. The number of aliphatic carboxylic acids is 1. The van der Waals surface area contributed by atoms with Crippen molar-refractivity contribution in [1.82, 2.24) is 9.78 Å². The Labute approximate surface area is 117 Å². The van der Waals surface area contributed by atoms with Gasteiger partial charge in [0.05, 0.1) is 16.9 Å². The zero-order valence-corrected chi connectivity index (χ0v) is 11.4. The third kappa shape index (κ3) is 3.00. The Bertz CT molecular complexity index is 622. The second kappa shape index (κ2) is 5.37. The van der Waals surface area contributed by atoms with Crippen LogP contribution < -0.4 is 0 Å². The minimum atomic E-state index is -0.982. The number of carboxylic acid groups (broad SMARTS) is 1. The number of carboxylic acids is 1. The van der Waals surface area contributed by atoms with Gasteiger partial charge in [-0.05, 0) is 23.8 Å². The number of aromatic nitrogens is 2. The van der Waals surface area contributed by atoms with Crippen molar-refractivity contribution in [2.24, 2.45) is 0 Å². The minimum Gasteiger partial charge on any atom is -0.478 e. The minimum absolute atomic E-state index is 0.556. The Morgan fingerprint density at radius 3 is 2.83 bits per heavy atom. The van der Waals surface area contributed by atoms with Gasteiger partial charge in [-0.2, -0.15) is 5.10 Å². The van der Waals surface area contributed by atoms with E-state index in [4.69, 9.17) is 16.7 Å². The lowest BCUT2D eigenvalue weighted by Crippen LogP contribution is -1.94. The molecule has 1 aromatic carbocycles. The zero-order valence-electron chi connectivity index (χ0n) is 9.05. The molecule has 0 aliphatic rings. The molecule has 1 N–H and O–H groups in total. The maximum Gasteiger partial charge on any atom is 0.328 e. The normalized spacial score (nSPS) is 11.0. The summed E-state index contributed by atoms with van der Waals surface area (Å²) in [5, 5.41) is 13.2. The fourth-order valence-corrected chi connectivity index (χ4v) is 2.03. The lowest BCUT2D eigenvalue weighted by atomic mass is 10.2. The summed E-state index contributed by atoms with van der Waals surface area (Å²) in [6.07, 6.45) is 5.85. The number of nitrogens with zero attached hydrogens (tertiary/aromatic N) is 2. The van der Waals surface area contributed by atoms with Crippen molar-refractivity contribution in [2.75, 3.05) is 0 Å². The molecule has 0 unspecified atom stereocenters. The van der Waals surface area contributed by atoms with E-state index in [1.54, 1.807) is 23.1 Å². The van der Waals surface area contributed by atoms with Crippen molar-refractivity contribution in [1.29, 1.82) is 0 Å². The highest BCUT2D eigenvalue weighted by Crippen LogP contribution is 2.22. The molecule has 0 saturated heterocycles. The molecule has 18 heavy (non-hydrogen) atoms. The molecule has 6 heteroatoms. The molecular weight excluding hydrogens is 320 g/mol. The zero-order chi connectivity index (χ0) is 13.1. The van der Waals surface area contributed by atoms with Crippen LogP contribution in [0, 0.1) is 0 Å². The van der Waals surface area contributed by atoms with E-state index >= 15 is 0 Å². The van der Waals surface area contributed by atoms with E-state index in [-0.39, 0.29) is 0 Å². The Morgan fingerprint density at radius 2 is 2.28 bits per heavy atom. The van der Waals surface area contributed by atoms with Crippen LogP contribution >= 0.6 is 27.5 Å². The molecule has 0 bridgehead atoms. The van der Waals surface area contributed by atoms with Gasteiger partial charge in [0.25, 0.3) is 0 Å². The van der Waals surface area contributed by atoms with Crippen molar-refractivity contribution < 1.29 is 9.90 Å². The van der Waals surface area contributed by atoms with Crippen LogP contribution in [0.3, 0.4) is 0 Å². The molecule has 1 heterocycles. The quantitative estimate of drug-likeness (QED) is 0.879. The smallest absolute Gasteiger partial charge is 0.328 e. The van der Waals surface area contributed by atoms with Crippen LogP contribution in [0.25, 0.3) is 11.8 Å². The van der Waals surface area contributed by atoms with Crippen LogP contribution in [-0.2, 0) is 4.79 Å². The average Bonchev–Trinajstić information content (AvgIpc) is 2.74. The summed E-state index contributed by atoms with van der Waals surface area (Å²) >= 11 is 9.18. The summed E-state index contributed by atoms with van der Waals surface area (Å²) in [5.41, 5.74) is 1.61. The molecule has 0 fully saturated rings. The van der Waals surface area contributed by atoms with Gasteiger partial charge >= 0.3 is 5.97 Å². The second-order valence-corrected chi connectivity index (χ2v) is 4.77. The van der Waals surface area contributed by atoms with Gasteiger partial charge in [0.1, 0.15) is 0 Å². The van der Waals surface area contributed by atoms with E-state index in [9.17, 15) is 4.79 Å². The van der Waals surface area contributed by atoms with E-state index in [1.807, 2.05) is 12.1 Å². The van der Waals surface area contributed by atoms with Crippen LogP contribution in [0.5, 0.6) is 0 Å². The maximum atomic E-state index is 10.4. The Morgan fingerprint density at radius 1 is 1.50 bits per heavy atom. The van der Waals surface area contributed by atoms with Crippen LogP contribution in [0.4, 0.5) is 0 Å².